The first-order valence-electron chi connectivity index (χ1n) is 2.37. The Labute approximate surface area is 53.1 Å². The number of hydrogen-bond donors (Lipinski definition) is 1. The molecule has 0 unspecified atom stereocenters. The summed E-state index contributed by atoms with van der Waals surface area (Å²) in [5.41, 5.74) is 7.67. The first kappa shape index (κ1) is 5.63. The van der Waals surface area contributed by atoms with Gasteiger partial charge in [0, 0.05) is 0 Å². The van der Waals surface area contributed by atoms with Crippen molar-refractivity contribution in [1.29, 1.82) is 0 Å². The molecule has 0 atom stereocenters. The third-order valence-corrected chi connectivity index (χ3v) is 2.11. The molecule has 1 aromatic heterocycles. The van der Waals surface area contributed by atoms with E-state index in [0.717, 1.165) is 10.6 Å². The summed E-state index contributed by atoms with van der Waals surface area (Å²) < 4.78 is 0. The van der Waals surface area contributed by atoms with Crippen LogP contribution in [0, 0.1) is 13.8 Å². The number of hydrogen-bond acceptors (Lipinski definition) is 2. The van der Waals surface area contributed by atoms with E-state index >= 15 is 0 Å². The zero-order chi connectivity index (χ0) is 6.15. The van der Waals surface area contributed by atoms with E-state index in [1.165, 1.54) is 5.56 Å². The Morgan fingerprint density at radius 1 is 1.75 bits per heavy atom. The minimum absolute atomic E-state index is 0.836. The number of rotatable bonds is 0. The molecule has 43 valence electrons. The van der Waals surface area contributed by atoms with Gasteiger partial charge >= 0.3 is 0 Å². The summed E-state index contributed by atoms with van der Waals surface area (Å²) >= 11 is 1.55. The van der Waals surface area contributed by atoms with Gasteiger partial charge in [0.15, 0.2) is 0 Å². The summed E-state index contributed by atoms with van der Waals surface area (Å²) in [5.74, 6) is 0. The van der Waals surface area contributed by atoms with Crippen LogP contribution >= 0.6 is 11.3 Å². The molecule has 0 saturated heterocycles. The Morgan fingerprint density at radius 3 is 2.50 bits per heavy atom. The van der Waals surface area contributed by atoms with Crippen molar-refractivity contribution < 1.29 is 0 Å². The van der Waals surface area contributed by atoms with Gasteiger partial charge in [0.1, 0.15) is 0 Å². The Bertz CT molecular complexity index is 171. The van der Waals surface area contributed by atoms with E-state index in [1.807, 2.05) is 12.3 Å². The molecule has 0 fully saturated rings. The van der Waals surface area contributed by atoms with Gasteiger partial charge in [-0.3, -0.25) is 0 Å². The van der Waals surface area contributed by atoms with Gasteiger partial charge in [0.05, 0.1) is 5.00 Å². The van der Waals surface area contributed by atoms with Crippen LogP contribution in [0.2, 0.25) is 0 Å². The smallest absolute Gasteiger partial charge is 0.0891 e. The molecule has 2 heteroatoms. The fourth-order valence-corrected chi connectivity index (χ4v) is 1.24. The monoisotopic (exact) mass is 126 g/mol. The Morgan fingerprint density at radius 2 is 2.38 bits per heavy atom. The van der Waals surface area contributed by atoms with Crippen LogP contribution in [0.1, 0.15) is 11.1 Å². The molecule has 0 amide bonds. The fraction of sp³-hybridized carbons (Fsp3) is 0.167. The molecule has 1 nitrogen and oxygen atoms in total. The summed E-state index contributed by atoms with van der Waals surface area (Å²) in [6.07, 6.45) is 0. The molecule has 1 heterocycles. The first-order chi connectivity index (χ1) is 3.72. The standard InChI is InChI=1S/C6H8NS/c1-4-3-8-6(7)5(4)2/h3H,2,7H2,1H3. The van der Waals surface area contributed by atoms with Crippen LogP contribution in [0.4, 0.5) is 5.00 Å². The van der Waals surface area contributed by atoms with E-state index in [-0.39, 0.29) is 0 Å². The van der Waals surface area contributed by atoms with Crippen LogP contribution in [0.15, 0.2) is 5.38 Å². The van der Waals surface area contributed by atoms with Gasteiger partial charge in [0.25, 0.3) is 0 Å². The van der Waals surface area contributed by atoms with Gasteiger partial charge in [0.2, 0.25) is 0 Å². The molecule has 0 aromatic carbocycles. The highest BCUT2D eigenvalue weighted by Crippen LogP contribution is 2.22. The summed E-state index contributed by atoms with van der Waals surface area (Å²) in [4.78, 5) is 0. The van der Waals surface area contributed by atoms with Crippen LogP contribution in [0.3, 0.4) is 0 Å². The minimum Gasteiger partial charge on any atom is -0.390 e. The summed E-state index contributed by atoms with van der Waals surface area (Å²) in [6, 6.07) is 0. The summed E-state index contributed by atoms with van der Waals surface area (Å²) in [7, 11) is 0. The van der Waals surface area contributed by atoms with E-state index in [9.17, 15) is 0 Å². The molecular weight excluding hydrogens is 118 g/mol. The molecule has 1 radical (unpaired) electrons. The highest BCUT2D eigenvalue weighted by Gasteiger charge is 1.96. The van der Waals surface area contributed by atoms with Crippen molar-refractivity contribution in [3.63, 3.8) is 0 Å². The van der Waals surface area contributed by atoms with Crippen molar-refractivity contribution in [3.8, 4) is 0 Å². The predicted molar refractivity (Wildman–Crippen MR) is 37.9 cm³/mol. The van der Waals surface area contributed by atoms with Crippen molar-refractivity contribution in [1.82, 2.24) is 0 Å². The van der Waals surface area contributed by atoms with E-state index in [1.54, 1.807) is 11.3 Å². The number of nitrogen functional groups attached to an aromatic ring is 1. The molecule has 0 aliphatic heterocycles. The largest absolute Gasteiger partial charge is 0.390 e. The maximum atomic E-state index is 5.50. The van der Waals surface area contributed by atoms with Crippen LogP contribution in [-0.2, 0) is 0 Å². The van der Waals surface area contributed by atoms with Crippen molar-refractivity contribution in [2.75, 3.05) is 5.73 Å². The topological polar surface area (TPSA) is 26.0 Å². The highest BCUT2D eigenvalue weighted by molar-refractivity contribution is 7.14. The van der Waals surface area contributed by atoms with Crippen LogP contribution in [0.25, 0.3) is 0 Å². The average Bonchev–Trinajstić information content (AvgIpc) is 1.98. The van der Waals surface area contributed by atoms with E-state index in [0.29, 0.717) is 0 Å². The third kappa shape index (κ3) is 0.713. The Hall–Kier alpha value is -0.500. The Balaban J connectivity index is 3.19. The molecule has 1 aromatic rings. The van der Waals surface area contributed by atoms with E-state index in [2.05, 4.69) is 6.92 Å². The molecule has 0 saturated carbocycles. The molecule has 2 N–H and O–H groups in total. The van der Waals surface area contributed by atoms with E-state index in [4.69, 9.17) is 5.73 Å². The van der Waals surface area contributed by atoms with Crippen LogP contribution in [-0.4, -0.2) is 0 Å². The predicted octanol–water partition coefficient (Wildman–Crippen LogP) is 1.82. The van der Waals surface area contributed by atoms with Crippen molar-refractivity contribution >= 4 is 16.3 Å². The lowest BCUT2D eigenvalue weighted by atomic mass is 10.2. The number of aryl methyl sites for hydroxylation is 1. The SMILES string of the molecule is [CH2]c1c(C)csc1N. The Kier molecular flexibility index (Phi) is 1.26. The molecule has 0 bridgehead atoms. The first-order valence-corrected chi connectivity index (χ1v) is 3.25. The van der Waals surface area contributed by atoms with E-state index < -0.39 is 0 Å². The molecular formula is C6H8NS. The second kappa shape index (κ2) is 1.78. The number of thiophene rings is 1. The molecule has 0 spiro atoms. The molecule has 0 aliphatic rings. The quantitative estimate of drug-likeness (QED) is 0.563. The number of anilines is 1. The van der Waals surface area contributed by atoms with Crippen molar-refractivity contribution in [3.05, 3.63) is 23.4 Å². The van der Waals surface area contributed by atoms with Crippen molar-refractivity contribution in [2.45, 2.75) is 6.92 Å². The second-order valence-corrected chi connectivity index (χ2v) is 2.67. The van der Waals surface area contributed by atoms with Gasteiger partial charge in [-0.25, -0.2) is 0 Å². The normalized spacial score (nSPS) is 9.75. The molecule has 8 heavy (non-hydrogen) atoms. The zero-order valence-electron chi connectivity index (χ0n) is 4.77. The lowest BCUT2D eigenvalue weighted by molar-refractivity contribution is 1.50. The second-order valence-electron chi connectivity index (χ2n) is 1.76. The maximum absolute atomic E-state index is 5.50. The average molecular weight is 126 g/mol. The van der Waals surface area contributed by atoms with Crippen LogP contribution in [0.5, 0.6) is 0 Å². The maximum Gasteiger partial charge on any atom is 0.0891 e. The van der Waals surface area contributed by atoms with Gasteiger partial charge < -0.3 is 5.73 Å². The highest BCUT2D eigenvalue weighted by atomic mass is 32.1. The fourth-order valence-electron chi connectivity index (χ4n) is 0.488. The zero-order valence-corrected chi connectivity index (χ0v) is 5.59. The lowest BCUT2D eigenvalue weighted by Gasteiger charge is -1.86. The number of nitrogens with two attached hydrogens (primary N) is 1. The lowest BCUT2D eigenvalue weighted by Crippen LogP contribution is -1.81. The van der Waals surface area contributed by atoms with Gasteiger partial charge in [-0.05, 0) is 30.4 Å². The van der Waals surface area contributed by atoms with Gasteiger partial charge in [-0.2, -0.15) is 0 Å². The molecule has 0 aliphatic carbocycles. The summed E-state index contributed by atoms with van der Waals surface area (Å²) in [5, 5.41) is 2.85. The minimum atomic E-state index is 0.836. The van der Waals surface area contributed by atoms with Gasteiger partial charge in [-0.15, -0.1) is 11.3 Å². The van der Waals surface area contributed by atoms with Gasteiger partial charge in [-0.1, -0.05) is 0 Å². The summed E-state index contributed by atoms with van der Waals surface area (Å²) in [6.45, 7) is 5.77. The van der Waals surface area contributed by atoms with Crippen molar-refractivity contribution in [2.24, 2.45) is 0 Å². The van der Waals surface area contributed by atoms with Crippen LogP contribution < -0.4 is 5.73 Å². The molecule has 1 rings (SSSR count). The third-order valence-electron chi connectivity index (χ3n) is 1.14.